The van der Waals surface area contributed by atoms with Crippen molar-refractivity contribution in [3.63, 3.8) is 0 Å². The highest BCUT2D eigenvalue weighted by Gasteiger charge is 2.29. The number of carbonyl (C=O) groups excluding carboxylic acids is 1. The minimum absolute atomic E-state index is 0.233. The Balaban J connectivity index is 2.11. The molecule has 1 aliphatic heterocycles. The van der Waals surface area contributed by atoms with Gasteiger partial charge < -0.3 is 10.2 Å². The first-order valence-electron chi connectivity index (χ1n) is 8.08. The molecule has 1 N–H and O–H groups in total. The summed E-state index contributed by atoms with van der Waals surface area (Å²) in [5, 5.41) is 3.37. The van der Waals surface area contributed by atoms with Gasteiger partial charge in [-0.3, -0.25) is 4.79 Å². The first-order valence-corrected chi connectivity index (χ1v) is 8.08. The maximum Gasteiger partial charge on any atom is 0.222 e. The molecule has 0 radical (unpaired) electrons. The normalized spacial score (nSPS) is 18.6. The van der Waals surface area contributed by atoms with Crippen molar-refractivity contribution in [1.29, 1.82) is 0 Å². The quantitative estimate of drug-likeness (QED) is 0.685. The minimum Gasteiger partial charge on any atom is -0.343 e. The van der Waals surface area contributed by atoms with Crippen LogP contribution in [0.25, 0.3) is 0 Å². The number of nitrogens with one attached hydrogen (secondary N) is 1. The molecule has 0 aromatic carbocycles. The number of amides is 1. The van der Waals surface area contributed by atoms with Crippen molar-refractivity contribution in [2.75, 3.05) is 20.1 Å². The van der Waals surface area contributed by atoms with Crippen LogP contribution >= 0.6 is 0 Å². The number of hydrogen-bond acceptors (Lipinski definition) is 2. The molecule has 112 valence electrons. The number of rotatable bonds is 8. The van der Waals surface area contributed by atoms with E-state index in [4.69, 9.17) is 0 Å². The number of carbonyl (C=O) groups is 1. The lowest BCUT2D eigenvalue weighted by Gasteiger charge is -2.39. The number of piperidine rings is 1. The van der Waals surface area contributed by atoms with Crippen molar-refractivity contribution in [2.24, 2.45) is 0 Å². The van der Waals surface area contributed by atoms with Crippen molar-refractivity contribution in [1.82, 2.24) is 10.2 Å². The van der Waals surface area contributed by atoms with Gasteiger partial charge in [-0.05, 0) is 33.2 Å². The van der Waals surface area contributed by atoms with Gasteiger partial charge in [0, 0.05) is 25.0 Å². The summed E-state index contributed by atoms with van der Waals surface area (Å²) in [5.41, 5.74) is 0.233. The lowest BCUT2D eigenvalue weighted by molar-refractivity contribution is -0.132. The summed E-state index contributed by atoms with van der Waals surface area (Å²) in [6.45, 7) is 6.33. The molecule has 0 bridgehead atoms. The van der Waals surface area contributed by atoms with E-state index < -0.39 is 0 Å². The van der Waals surface area contributed by atoms with Crippen LogP contribution in [0, 0.1) is 0 Å². The molecule has 0 aliphatic carbocycles. The Morgan fingerprint density at radius 2 is 1.68 bits per heavy atom. The van der Waals surface area contributed by atoms with E-state index in [1.54, 1.807) is 0 Å². The Morgan fingerprint density at radius 3 is 2.26 bits per heavy atom. The molecule has 0 saturated carbocycles. The van der Waals surface area contributed by atoms with Crippen LogP contribution in [0.15, 0.2) is 0 Å². The highest BCUT2D eigenvalue weighted by Crippen LogP contribution is 2.21. The van der Waals surface area contributed by atoms with Crippen molar-refractivity contribution in [3.8, 4) is 0 Å². The van der Waals surface area contributed by atoms with Crippen molar-refractivity contribution < 1.29 is 4.79 Å². The fourth-order valence-electron chi connectivity index (χ4n) is 2.71. The molecule has 1 rings (SSSR count). The molecule has 0 spiro atoms. The van der Waals surface area contributed by atoms with Crippen molar-refractivity contribution >= 4 is 5.91 Å². The van der Waals surface area contributed by atoms with Crippen LogP contribution in [0.4, 0.5) is 0 Å². The van der Waals surface area contributed by atoms with Gasteiger partial charge >= 0.3 is 0 Å². The summed E-state index contributed by atoms with van der Waals surface area (Å²) in [5.74, 6) is 0.369. The highest BCUT2D eigenvalue weighted by atomic mass is 16.2. The van der Waals surface area contributed by atoms with Crippen LogP contribution in [-0.2, 0) is 4.79 Å². The number of nitrogens with zero attached hydrogens (tertiary/aromatic N) is 1. The van der Waals surface area contributed by atoms with Crippen LogP contribution in [0.3, 0.4) is 0 Å². The third-order valence-corrected chi connectivity index (χ3v) is 4.57. The van der Waals surface area contributed by atoms with Gasteiger partial charge in [0.25, 0.3) is 0 Å². The van der Waals surface area contributed by atoms with Gasteiger partial charge in [-0.25, -0.2) is 0 Å². The van der Waals surface area contributed by atoms with Gasteiger partial charge in [-0.15, -0.1) is 0 Å². The van der Waals surface area contributed by atoms with E-state index in [1.807, 2.05) is 7.05 Å². The zero-order chi connectivity index (χ0) is 14.1. The van der Waals surface area contributed by atoms with Crippen molar-refractivity contribution in [2.45, 2.75) is 77.2 Å². The van der Waals surface area contributed by atoms with Gasteiger partial charge in [0.15, 0.2) is 0 Å². The highest BCUT2D eigenvalue weighted by molar-refractivity contribution is 5.76. The SMILES string of the molecule is CCCCCCCCC(=O)N1CCC(C)(NC)CC1. The zero-order valence-electron chi connectivity index (χ0n) is 13.1. The summed E-state index contributed by atoms with van der Waals surface area (Å²) in [6, 6.07) is 0. The largest absolute Gasteiger partial charge is 0.343 e. The predicted molar refractivity (Wildman–Crippen MR) is 81.3 cm³/mol. The van der Waals surface area contributed by atoms with Crippen LogP contribution in [0.1, 0.15) is 71.6 Å². The molecule has 1 fully saturated rings. The molecular formula is C16H32N2O. The second-order valence-electron chi connectivity index (χ2n) is 6.21. The summed E-state index contributed by atoms with van der Waals surface area (Å²) in [4.78, 5) is 14.2. The van der Waals surface area contributed by atoms with Crippen LogP contribution in [0.5, 0.6) is 0 Å². The maximum atomic E-state index is 12.1. The smallest absolute Gasteiger partial charge is 0.222 e. The summed E-state index contributed by atoms with van der Waals surface area (Å²) in [6.07, 6.45) is 10.4. The first kappa shape index (κ1) is 16.5. The second-order valence-corrected chi connectivity index (χ2v) is 6.21. The molecule has 1 heterocycles. The van der Waals surface area contributed by atoms with Gasteiger partial charge in [-0.1, -0.05) is 39.0 Å². The molecule has 3 nitrogen and oxygen atoms in total. The monoisotopic (exact) mass is 268 g/mol. The predicted octanol–water partition coefficient (Wildman–Crippen LogP) is 3.34. The Morgan fingerprint density at radius 1 is 1.11 bits per heavy atom. The Kier molecular flexibility index (Phi) is 7.44. The zero-order valence-corrected chi connectivity index (χ0v) is 13.1. The third-order valence-electron chi connectivity index (χ3n) is 4.57. The molecule has 0 unspecified atom stereocenters. The average molecular weight is 268 g/mol. The standard InChI is InChI=1S/C16H32N2O/c1-4-5-6-7-8-9-10-15(19)18-13-11-16(2,17-3)12-14-18/h17H,4-14H2,1-3H3. The first-order chi connectivity index (χ1) is 9.11. The molecule has 1 aliphatic rings. The second kappa shape index (κ2) is 8.57. The molecule has 1 saturated heterocycles. The molecule has 0 atom stereocenters. The van der Waals surface area contributed by atoms with E-state index in [1.165, 1.54) is 32.1 Å². The lowest BCUT2D eigenvalue weighted by Crippen LogP contribution is -2.51. The summed E-state index contributed by atoms with van der Waals surface area (Å²) >= 11 is 0. The fraction of sp³-hybridized carbons (Fsp3) is 0.938. The molecule has 0 aromatic heterocycles. The third kappa shape index (κ3) is 5.94. The van der Waals surface area contributed by atoms with E-state index in [-0.39, 0.29) is 5.54 Å². The van der Waals surface area contributed by atoms with Gasteiger partial charge in [0.1, 0.15) is 0 Å². The van der Waals surface area contributed by atoms with E-state index in [9.17, 15) is 4.79 Å². The van der Waals surface area contributed by atoms with E-state index >= 15 is 0 Å². The summed E-state index contributed by atoms with van der Waals surface area (Å²) < 4.78 is 0. The average Bonchev–Trinajstić information content (AvgIpc) is 2.43. The van der Waals surface area contributed by atoms with Crippen LogP contribution < -0.4 is 5.32 Å². The summed E-state index contributed by atoms with van der Waals surface area (Å²) in [7, 11) is 2.02. The van der Waals surface area contributed by atoms with Crippen LogP contribution in [-0.4, -0.2) is 36.5 Å². The lowest BCUT2D eigenvalue weighted by atomic mass is 9.90. The molecule has 1 amide bonds. The Bertz CT molecular complexity index is 257. The Labute approximate surface area is 119 Å². The molecule has 19 heavy (non-hydrogen) atoms. The molecule has 0 aromatic rings. The van der Waals surface area contributed by atoms with E-state index in [0.717, 1.165) is 38.8 Å². The topological polar surface area (TPSA) is 32.3 Å². The minimum atomic E-state index is 0.233. The number of likely N-dealkylation sites (tertiary alicyclic amines) is 1. The maximum absolute atomic E-state index is 12.1. The van der Waals surface area contributed by atoms with Gasteiger partial charge in [0.05, 0.1) is 0 Å². The van der Waals surface area contributed by atoms with Gasteiger partial charge in [-0.2, -0.15) is 0 Å². The Hall–Kier alpha value is -0.570. The van der Waals surface area contributed by atoms with Gasteiger partial charge in [0.2, 0.25) is 5.91 Å². The van der Waals surface area contributed by atoms with E-state index in [2.05, 4.69) is 24.1 Å². The van der Waals surface area contributed by atoms with Crippen molar-refractivity contribution in [3.05, 3.63) is 0 Å². The van der Waals surface area contributed by atoms with E-state index in [0.29, 0.717) is 5.91 Å². The number of hydrogen-bond donors (Lipinski definition) is 1. The molecular weight excluding hydrogens is 236 g/mol. The molecule has 3 heteroatoms. The number of unbranched alkanes of at least 4 members (excludes halogenated alkanes) is 5. The van der Waals surface area contributed by atoms with Crippen LogP contribution in [0.2, 0.25) is 0 Å². The fourth-order valence-corrected chi connectivity index (χ4v) is 2.71.